The first-order chi connectivity index (χ1) is 12.6. The van der Waals surface area contributed by atoms with E-state index < -0.39 is 6.04 Å². The van der Waals surface area contributed by atoms with Crippen molar-refractivity contribution < 1.29 is 9.53 Å². The minimum absolute atomic E-state index is 0.00402. The van der Waals surface area contributed by atoms with Crippen molar-refractivity contribution in [2.24, 2.45) is 0 Å². The van der Waals surface area contributed by atoms with E-state index in [1.165, 1.54) is 6.42 Å². The van der Waals surface area contributed by atoms with Crippen molar-refractivity contribution in [3.63, 3.8) is 0 Å². The Kier molecular flexibility index (Phi) is 4.44. The summed E-state index contributed by atoms with van der Waals surface area (Å²) in [5, 5.41) is 15.1. The molecule has 1 atom stereocenters. The lowest BCUT2D eigenvalue weighted by molar-refractivity contribution is -0.146. The molecule has 0 radical (unpaired) electrons. The monoisotopic (exact) mass is 353 g/mol. The van der Waals surface area contributed by atoms with Crippen LogP contribution in [0.2, 0.25) is 0 Å². The van der Waals surface area contributed by atoms with E-state index in [-0.39, 0.29) is 12.1 Å². The molecular formula is C19H23N5O2. The second-order valence-electron chi connectivity index (χ2n) is 7.04. The molecule has 0 unspecified atom stereocenters. The van der Waals surface area contributed by atoms with Gasteiger partial charge < -0.3 is 10.1 Å². The van der Waals surface area contributed by atoms with E-state index >= 15 is 0 Å². The molecule has 7 heteroatoms. The molecule has 1 aliphatic carbocycles. The molecule has 2 aromatic rings. The molecule has 1 aromatic heterocycles. The predicted octanol–water partition coefficient (Wildman–Crippen LogP) is 3.15. The Bertz CT molecular complexity index is 851. The topological polar surface area (TPSA) is 81.9 Å². The normalized spacial score (nSPS) is 20.5. The highest BCUT2D eigenvalue weighted by molar-refractivity contribution is 5.92. The van der Waals surface area contributed by atoms with Crippen molar-refractivity contribution in [1.29, 1.82) is 0 Å². The Morgan fingerprint density at radius 1 is 1.19 bits per heavy atom. The summed E-state index contributed by atoms with van der Waals surface area (Å²) in [6.07, 6.45) is 5.34. The molecule has 1 saturated carbocycles. The summed E-state index contributed by atoms with van der Waals surface area (Å²) in [6, 6.07) is 7.60. The number of aryl methyl sites for hydroxylation is 1. The first kappa shape index (κ1) is 16.8. The van der Waals surface area contributed by atoms with Gasteiger partial charge in [0, 0.05) is 5.70 Å². The number of allylic oxidation sites excluding steroid dienone is 1. The Hall–Kier alpha value is -2.70. The van der Waals surface area contributed by atoms with E-state index in [1.807, 2.05) is 38.1 Å². The Balaban J connectivity index is 1.72. The van der Waals surface area contributed by atoms with Crippen molar-refractivity contribution in [3.05, 3.63) is 46.7 Å². The summed E-state index contributed by atoms with van der Waals surface area (Å²) < 4.78 is 7.53. The molecule has 1 aliphatic heterocycles. The lowest BCUT2D eigenvalue weighted by atomic mass is 9.92. The zero-order valence-electron chi connectivity index (χ0n) is 15.1. The molecule has 136 valence electrons. The number of nitrogens with one attached hydrogen (secondary N) is 1. The van der Waals surface area contributed by atoms with Gasteiger partial charge in [0.05, 0.1) is 5.57 Å². The quantitative estimate of drug-likeness (QED) is 0.854. The molecule has 0 bridgehead atoms. The third-order valence-corrected chi connectivity index (χ3v) is 5.24. The highest BCUT2D eigenvalue weighted by atomic mass is 16.5. The van der Waals surface area contributed by atoms with Crippen LogP contribution in [-0.4, -0.2) is 32.3 Å². The van der Waals surface area contributed by atoms with Gasteiger partial charge in [-0.2, -0.15) is 4.68 Å². The van der Waals surface area contributed by atoms with Gasteiger partial charge in [-0.1, -0.05) is 35.8 Å². The van der Waals surface area contributed by atoms with Crippen LogP contribution < -0.4 is 5.32 Å². The maximum Gasteiger partial charge on any atom is 0.338 e. The van der Waals surface area contributed by atoms with E-state index in [1.54, 1.807) is 4.68 Å². The SMILES string of the molecule is CC1=C(C(=O)OC2CCCCC2)[C@@H](c2ccccc2C)n2nnnc2N1. The number of aromatic nitrogens is 4. The van der Waals surface area contributed by atoms with Crippen LogP contribution in [0.4, 0.5) is 5.95 Å². The average Bonchev–Trinajstić information content (AvgIpc) is 3.10. The van der Waals surface area contributed by atoms with Crippen LogP contribution >= 0.6 is 0 Å². The number of ether oxygens (including phenoxy) is 1. The number of anilines is 1. The Labute approximate surface area is 152 Å². The second-order valence-corrected chi connectivity index (χ2v) is 7.04. The van der Waals surface area contributed by atoms with E-state index in [0.29, 0.717) is 11.5 Å². The molecule has 1 N–H and O–H groups in total. The van der Waals surface area contributed by atoms with Crippen molar-refractivity contribution >= 4 is 11.9 Å². The van der Waals surface area contributed by atoms with Crippen LogP contribution in [0.15, 0.2) is 35.5 Å². The lowest BCUT2D eigenvalue weighted by Gasteiger charge is -2.30. The third kappa shape index (κ3) is 2.98. The van der Waals surface area contributed by atoms with Gasteiger partial charge in [-0.15, -0.1) is 0 Å². The van der Waals surface area contributed by atoms with Gasteiger partial charge in [-0.05, 0) is 61.1 Å². The molecule has 1 aromatic carbocycles. The second kappa shape index (κ2) is 6.90. The zero-order chi connectivity index (χ0) is 18.1. The van der Waals surface area contributed by atoms with Crippen LogP contribution in [0.25, 0.3) is 0 Å². The fourth-order valence-corrected chi connectivity index (χ4v) is 3.86. The summed E-state index contributed by atoms with van der Waals surface area (Å²) in [7, 11) is 0. The number of nitrogens with zero attached hydrogens (tertiary/aromatic N) is 4. The average molecular weight is 353 g/mol. The number of rotatable bonds is 3. The maximum absolute atomic E-state index is 13.1. The van der Waals surface area contributed by atoms with Gasteiger partial charge in [0.15, 0.2) is 0 Å². The molecule has 1 fully saturated rings. The van der Waals surface area contributed by atoms with E-state index in [0.717, 1.165) is 42.5 Å². The van der Waals surface area contributed by atoms with Crippen molar-refractivity contribution in [2.45, 2.75) is 58.1 Å². The smallest absolute Gasteiger partial charge is 0.338 e. The van der Waals surface area contributed by atoms with E-state index in [9.17, 15) is 4.79 Å². The van der Waals surface area contributed by atoms with Crippen LogP contribution in [0.1, 0.15) is 56.2 Å². The van der Waals surface area contributed by atoms with Gasteiger partial charge >= 0.3 is 5.97 Å². The number of carbonyl (C=O) groups is 1. The highest BCUT2D eigenvalue weighted by Crippen LogP contribution is 2.36. The minimum atomic E-state index is -0.390. The maximum atomic E-state index is 13.1. The van der Waals surface area contributed by atoms with Crippen LogP contribution in [0.5, 0.6) is 0 Å². The number of tetrazole rings is 1. The first-order valence-corrected chi connectivity index (χ1v) is 9.17. The van der Waals surface area contributed by atoms with Crippen molar-refractivity contribution in [3.8, 4) is 0 Å². The highest BCUT2D eigenvalue weighted by Gasteiger charge is 2.36. The molecule has 2 heterocycles. The number of carbonyl (C=O) groups excluding carboxylic acids is 1. The number of hydrogen-bond donors (Lipinski definition) is 1. The van der Waals surface area contributed by atoms with Gasteiger partial charge in [-0.3, -0.25) is 0 Å². The van der Waals surface area contributed by atoms with Crippen LogP contribution in [-0.2, 0) is 9.53 Å². The van der Waals surface area contributed by atoms with Gasteiger partial charge in [-0.25, -0.2) is 4.79 Å². The van der Waals surface area contributed by atoms with Gasteiger partial charge in [0.1, 0.15) is 12.1 Å². The summed E-state index contributed by atoms with van der Waals surface area (Å²) in [6.45, 7) is 3.90. The Morgan fingerprint density at radius 3 is 2.73 bits per heavy atom. The van der Waals surface area contributed by atoms with Crippen LogP contribution in [0.3, 0.4) is 0 Å². The first-order valence-electron chi connectivity index (χ1n) is 9.17. The third-order valence-electron chi connectivity index (χ3n) is 5.24. The van der Waals surface area contributed by atoms with E-state index in [4.69, 9.17) is 4.74 Å². The summed E-state index contributed by atoms with van der Waals surface area (Å²) in [4.78, 5) is 13.1. The molecule has 4 rings (SSSR count). The number of hydrogen-bond acceptors (Lipinski definition) is 6. The fraction of sp³-hybridized carbons (Fsp3) is 0.474. The zero-order valence-corrected chi connectivity index (χ0v) is 15.1. The number of esters is 1. The fourth-order valence-electron chi connectivity index (χ4n) is 3.86. The van der Waals surface area contributed by atoms with Gasteiger partial charge in [0.2, 0.25) is 5.95 Å². The molecule has 0 amide bonds. The molecule has 0 spiro atoms. The summed E-state index contributed by atoms with van der Waals surface area (Å²) in [5.41, 5.74) is 3.39. The van der Waals surface area contributed by atoms with Crippen LogP contribution in [0, 0.1) is 6.92 Å². The van der Waals surface area contributed by atoms with Crippen molar-refractivity contribution in [1.82, 2.24) is 20.2 Å². The lowest BCUT2D eigenvalue weighted by Crippen LogP contribution is -2.32. The molecular weight excluding hydrogens is 330 g/mol. The predicted molar refractivity (Wildman–Crippen MR) is 96.4 cm³/mol. The van der Waals surface area contributed by atoms with Gasteiger partial charge in [0.25, 0.3) is 0 Å². The minimum Gasteiger partial charge on any atom is -0.459 e. The Morgan fingerprint density at radius 2 is 1.96 bits per heavy atom. The largest absolute Gasteiger partial charge is 0.459 e. The molecule has 0 saturated heterocycles. The molecule has 2 aliphatic rings. The number of fused-ring (bicyclic) bond motifs is 1. The number of benzene rings is 1. The summed E-state index contributed by atoms with van der Waals surface area (Å²) >= 11 is 0. The molecule has 26 heavy (non-hydrogen) atoms. The molecule has 7 nitrogen and oxygen atoms in total. The van der Waals surface area contributed by atoms with Crippen molar-refractivity contribution in [2.75, 3.05) is 5.32 Å². The van der Waals surface area contributed by atoms with E-state index in [2.05, 4.69) is 20.8 Å². The summed E-state index contributed by atoms with van der Waals surface area (Å²) in [5.74, 6) is 0.251. The standard InChI is InChI=1S/C19H23N5O2/c1-12-8-6-7-11-15(12)17-16(13(2)20-19-21-22-23-24(17)19)18(25)26-14-9-4-3-5-10-14/h6-8,11,14,17H,3-5,9-10H2,1-2H3,(H,20,21,23)/t17-/m1/s1.